The predicted molar refractivity (Wildman–Crippen MR) is 68.9 cm³/mol. The van der Waals surface area contributed by atoms with Crippen LogP contribution in [0, 0.1) is 6.92 Å². The van der Waals surface area contributed by atoms with Gasteiger partial charge < -0.3 is 14.8 Å². The summed E-state index contributed by atoms with van der Waals surface area (Å²) in [4.78, 5) is 0. The summed E-state index contributed by atoms with van der Waals surface area (Å²) in [6.07, 6.45) is 2.40. The normalized spacial score (nSPS) is 22.1. The molecule has 1 aliphatic rings. The quantitative estimate of drug-likeness (QED) is 0.870. The van der Waals surface area contributed by atoms with Gasteiger partial charge in [-0.1, -0.05) is 19.4 Å². The van der Waals surface area contributed by atoms with Crippen LogP contribution in [-0.4, -0.2) is 20.3 Å². The molecule has 1 aromatic carbocycles. The van der Waals surface area contributed by atoms with Crippen molar-refractivity contribution in [2.24, 2.45) is 0 Å². The Bertz CT molecular complexity index is 403. The third-order valence-corrected chi connectivity index (χ3v) is 3.31. The zero-order valence-electron chi connectivity index (χ0n) is 11.0. The van der Waals surface area contributed by atoms with Crippen molar-refractivity contribution in [3.63, 3.8) is 0 Å². The molecule has 2 unspecified atom stereocenters. The first-order valence-corrected chi connectivity index (χ1v) is 6.23. The van der Waals surface area contributed by atoms with Gasteiger partial charge in [0.05, 0.1) is 13.2 Å². The van der Waals surface area contributed by atoms with Gasteiger partial charge in [-0.25, -0.2) is 0 Å². The fraction of sp³-hybridized carbons (Fsp3) is 0.571. The van der Waals surface area contributed by atoms with Crippen molar-refractivity contribution in [2.45, 2.75) is 38.8 Å². The Morgan fingerprint density at radius 1 is 1.41 bits per heavy atom. The van der Waals surface area contributed by atoms with Gasteiger partial charge in [0.25, 0.3) is 0 Å². The molecule has 2 atom stereocenters. The van der Waals surface area contributed by atoms with E-state index in [2.05, 4.69) is 25.2 Å². The van der Waals surface area contributed by atoms with Crippen molar-refractivity contribution in [3.8, 4) is 11.5 Å². The van der Waals surface area contributed by atoms with Gasteiger partial charge >= 0.3 is 0 Å². The molecule has 3 nitrogen and oxygen atoms in total. The number of aryl methyl sites for hydroxylation is 1. The standard InChI is InChI=1S/C14H21NO2/c1-5-6-11-13(15-3)10-7-9(2)8-12(16-4)14(10)17-11/h7-8,11,13,15H,5-6H2,1-4H3. The molecule has 3 heteroatoms. The average Bonchev–Trinajstić information content (AvgIpc) is 2.66. The van der Waals surface area contributed by atoms with Crippen molar-refractivity contribution >= 4 is 0 Å². The molecule has 1 N–H and O–H groups in total. The van der Waals surface area contributed by atoms with Gasteiger partial charge in [0.15, 0.2) is 11.5 Å². The van der Waals surface area contributed by atoms with Gasteiger partial charge in [0.2, 0.25) is 0 Å². The van der Waals surface area contributed by atoms with Gasteiger partial charge in [-0.3, -0.25) is 0 Å². The Hall–Kier alpha value is -1.22. The fourth-order valence-electron chi connectivity index (χ4n) is 2.55. The van der Waals surface area contributed by atoms with Crippen LogP contribution in [0.3, 0.4) is 0 Å². The molecule has 0 bridgehead atoms. The molecule has 0 saturated carbocycles. The van der Waals surface area contributed by atoms with Crippen LogP contribution in [0.4, 0.5) is 0 Å². The summed E-state index contributed by atoms with van der Waals surface area (Å²) in [5.41, 5.74) is 2.43. The number of hydrogen-bond donors (Lipinski definition) is 1. The number of nitrogens with one attached hydrogen (secondary N) is 1. The largest absolute Gasteiger partial charge is 0.493 e. The lowest BCUT2D eigenvalue weighted by Gasteiger charge is -2.17. The Balaban J connectivity index is 2.40. The van der Waals surface area contributed by atoms with Crippen LogP contribution in [0.25, 0.3) is 0 Å². The zero-order valence-corrected chi connectivity index (χ0v) is 11.0. The minimum Gasteiger partial charge on any atom is -0.493 e. The van der Waals surface area contributed by atoms with E-state index in [1.165, 1.54) is 11.1 Å². The second kappa shape index (κ2) is 4.96. The lowest BCUT2D eigenvalue weighted by Crippen LogP contribution is -2.28. The third kappa shape index (κ3) is 2.12. The summed E-state index contributed by atoms with van der Waals surface area (Å²) >= 11 is 0. The van der Waals surface area contributed by atoms with Gasteiger partial charge in [0.1, 0.15) is 6.10 Å². The summed E-state index contributed by atoms with van der Waals surface area (Å²) in [5, 5.41) is 3.35. The molecule has 1 aromatic rings. The molecule has 0 fully saturated rings. The Morgan fingerprint density at radius 3 is 2.76 bits per heavy atom. The van der Waals surface area contributed by atoms with Crippen molar-refractivity contribution in [2.75, 3.05) is 14.2 Å². The number of hydrogen-bond acceptors (Lipinski definition) is 3. The lowest BCUT2D eigenvalue weighted by atomic mass is 9.99. The summed E-state index contributed by atoms with van der Waals surface area (Å²) in [6.45, 7) is 4.27. The van der Waals surface area contributed by atoms with Gasteiger partial charge in [-0.15, -0.1) is 0 Å². The van der Waals surface area contributed by atoms with Crippen molar-refractivity contribution in [1.82, 2.24) is 5.32 Å². The van der Waals surface area contributed by atoms with E-state index in [0.717, 1.165) is 24.3 Å². The first-order chi connectivity index (χ1) is 8.21. The van der Waals surface area contributed by atoms with Crippen LogP contribution < -0.4 is 14.8 Å². The third-order valence-electron chi connectivity index (χ3n) is 3.31. The molecule has 0 amide bonds. The molecular formula is C14H21NO2. The molecule has 1 heterocycles. The SMILES string of the molecule is CCCC1Oc2c(OC)cc(C)cc2C1NC. The maximum absolute atomic E-state index is 6.04. The molecule has 1 aliphatic heterocycles. The Morgan fingerprint density at radius 2 is 2.18 bits per heavy atom. The molecule has 0 spiro atoms. The topological polar surface area (TPSA) is 30.5 Å². The number of fused-ring (bicyclic) bond motifs is 1. The zero-order chi connectivity index (χ0) is 12.4. The molecule has 0 radical (unpaired) electrons. The molecule has 0 saturated heterocycles. The molecule has 0 aliphatic carbocycles. The first-order valence-electron chi connectivity index (χ1n) is 6.23. The molecular weight excluding hydrogens is 214 g/mol. The second-order valence-corrected chi connectivity index (χ2v) is 4.60. The van der Waals surface area contributed by atoms with E-state index in [-0.39, 0.29) is 12.1 Å². The minimum absolute atomic E-state index is 0.218. The van der Waals surface area contributed by atoms with E-state index in [1.807, 2.05) is 13.1 Å². The number of methoxy groups -OCH3 is 1. The van der Waals surface area contributed by atoms with Crippen LogP contribution in [0.5, 0.6) is 11.5 Å². The van der Waals surface area contributed by atoms with Crippen LogP contribution in [0.15, 0.2) is 12.1 Å². The molecule has 94 valence electrons. The van der Waals surface area contributed by atoms with Crippen LogP contribution in [-0.2, 0) is 0 Å². The van der Waals surface area contributed by atoms with E-state index in [4.69, 9.17) is 9.47 Å². The van der Waals surface area contributed by atoms with E-state index in [9.17, 15) is 0 Å². The first kappa shape index (κ1) is 12.2. The maximum atomic E-state index is 6.04. The van der Waals surface area contributed by atoms with Gasteiger partial charge in [0, 0.05) is 5.56 Å². The highest BCUT2D eigenvalue weighted by molar-refractivity contribution is 5.53. The smallest absolute Gasteiger partial charge is 0.166 e. The van der Waals surface area contributed by atoms with E-state index >= 15 is 0 Å². The number of ether oxygens (including phenoxy) is 2. The highest BCUT2D eigenvalue weighted by Gasteiger charge is 2.34. The van der Waals surface area contributed by atoms with Crippen LogP contribution in [0.2, 0.25) is 0 Å². The highest BCUT2D eigenvalue weighted by atomic mass is 16.5. The van der Waals surface area contributed by atoms with Crippen LogP contribution >= 0.6 is 0 Å². The van der Waals surface area contributed by atoms with Gasteiger partial charge in [-0.05, 0) is 32.0 Å². The summed E-state index contributed by atoms with van der Waals surface area (Å²) in [7, 11) is 3.68. The number of rotatable bonds is 4. The maximum Gasteiger partial charge on any atom is 0.166 e. The van der Waals surface area contributed by atoms with E-state index < -0.39 is 0 Å². The fourth-order valence-corrected chi connectivity index (χ4v) is 2.55. The van der Waals surface area contributed by atoms with E-state index in [0.29, 0.717) is 0 Å². The van der Waals surface area contributed by atoms with Crippen LogP contribution in [0.1, 0.15) is 36.9 Å². The summed E-state index contributed by atoms with van der Waals surface area (Å²) < 4.78 is 11.4. The number of likely N-dealkylation sites (N-methyl/N-ethyl adjacent to an activating group) is 1. The molecule has 2 rings (SSSR count). The highest BCUT2D eigenvalue weighted by Crippen LogP contribution is 2.44. The monoisotopic (exact) mass is 235 g/mol. The second-order valence-electron chi connectivity index (χ2n) is 4.60. The Labute approximate surface area is 103 Å². The summed E-state index contributed by atoms with van der Waals surface area (Å²) in [6, 6.07) is 4.49. The number of benzene rings is 1. The van der Waals surface area contributed by atoms with E-state index in [1.54, 1.807) is 7.11 Å². The minimum atomic E-state index is 0.218. The van der Waals surface area contributed by atoms with Gasteiger partial charge in [-0.2, -0.15) is 0 Å². The Kier molecular flexibility index (Phi) is 3.57. The van der Waals surface area contributed by atoms with Crippen molar-refractivity contribution in [3.05, 3.63) is 23.3 Å². The summed E-state index contributed by atoms with van der Waals surface area (Å²) in [5.74, 6) is 1.76. The van der Waals surface area contributed by atoms with Crippen molar-refractivity contribution in [1.29, 1.82) is 0 Å². The average molecular weight is 235 g/mol. The lowest BCUT2D eigenvalue weighted by molar-refractivity contribution is 0.177. The molecule has 17 heavy (non-hydrogen) atoms. The molecule has 0 aromatic heterocycles. The predicted octanol–water partition coefficient (Wildman–Crippen LogP) is 2.83. The van der Waals surface area contributed by atoms with Crippen molar-refractivity contribution < 1.29 is 9.47 Å².